The number of likely N-dealkylation sites (tertiary alicyclic amines) is 1. The molecule has 0 bridgehead atoms. The molecule has 1 N–H and O–H groups in total. The molecule has 6 heteroatoms. The van der Waals surface area contributed by atoms with Gasteiger partial charge in [0.1, 0.15) is 0 Å². The third-order valence-electron chi connectivity index (χ3n) is 3.96. The molecule has 4 nitrogen and oxygen atoms in total. The Morgan fingerprint density at radius 3 is 2.62 bits per heavy atom. The van der Waals surface area contributed by atoms with Crippen LogP contribution in [0.15, 0.2) is 48.5 Å². The van der Waals surface area contributed by atoms with E-state index in [0.29, 0.717) is 13.1 Å². The summed E-state index contributed by atoms with van der Waals surface area (Å²) in [6.45, 7) is 0.802. The highest BCUT2D eigenvalue weighted by Gasteiger charge is 2.31. The van der Waals surface area contributed by atoms with Gasteiger partial charge in [0.15, 0.2) is 11.6 Å². The van der Waals surface area contributed by atoms with Gasteiger partial charge in [-0.3, -0.25) is 9.59 Å². The summed E-state index contributed by atoms with van der Waals surface area (Å²) < 4.78 is 26.9. The fourth-order valence-electron chi connectivity index (χ4n) is 2.77. The second kappa shape index (κ2) is 6.78. The van der Waals surface area contributed by atoms with E-state index in [2.05, 4.69) is 5.32 Å². The molecule has 1 atom stereocenters. The lowest BCUT2D eigenvalue weighted by molar-refractivity contribution is -0.128. The van der Waals surface area contributed by atoms with E-state index in [1.165, 1.54) is 12.1 Å². The number of carbonyl (C=O) groups excluding carboxylic acids is 2. The van der Waals surface area contributed by atoms with Crippen LogP contribution in [0.2, 0.25) is 0 Å². The minimum Gasteiger partial charge on any atom is -0.347 e. The zero-order valence-electron chi connectivity index (χ0n) is 12.8. The maximum absolute atomic E-state index is 13.7. The number of carbonyl (C=O) groups is 2. The molecule has 24 heavy (non-hydrogen) atoms. The van der Waals surface area contributed by atoms with Crippen molar-refractivity contribution in [2.75, 3.05) is 6.54 Å². The minimum atomic E-state index is -1.18. The van der Waals surface area contributed by atoms with Crippen molar-refractivity contribution in [2.24, 2.45) is 0 Å². The highest BCUT2D eigenvalue weighted by atomic mass is 19.2. The van der Waals surface area contributed by atoms with Gasteiger partial charge in [0.05, 0.1) is 11.6 Å². The van der Waals surface area contributed by atoms with E-state index in [-0.39, 0.29) is 17.9 Å². The van der Waals surface area contributed by atoms with Crippen LogP contribution in [0.25, 0.3) is 0 Å². The molecule has 0 saturated carbocycles. The Kier molecular flexibility index (Phi) is 4.55. The lowest BCUT2D eigenvalue weighted by Gasteiger charge is -2.17. The fourth-order valence-corrected chi connectivity index (χ4v) is 2.77. The van der Waals surface area contributed by atoms with Crippen molar-refractivity contribution in [1.29, 1.82) is 0 Å². The van der Waals surface area contributed by atoms with Crippen LogP contribution in [-0.4, -0.2) is 29.3 Å². The predicted octanol–water partition coefficient (Wildman–Crippen LogP) is 2.50. The first-order valence-corrected chi connectivity index (χ1v) is 7.61. The van der Waals surface area contributed by atoms with E-state index in [0.717, 1.165) is 11.6 Å². The molecule has 2 amide bonds. The molecule has 1 saturated heterocycles. The zero-order chi connectivity index (χ0) is 17.1. The van der Waals surface area contributed by atoms with E-state index in [9.17, 15) is 18.4 Å². The van der Waals surface area contributed by atoms with Crippen LogP contribution in [0.3, 0.4) is 0 Å². The Balaban J connectivity index is 1.64. The van der Waals surface area contributed by atoms with Gasteiger partial charge in [-0.05, 0) is 17.7 Å². The molecule has 0 radical (unpaired) electrons. The summed E-state index contributed by atoms with van der Waals surface area (Å²) in [5.41, 5.74) is 0.637. The van der Waals surface area contributed by atoms with Gasteiger partial charge in [-0.1, -0.05) is 36.4 Å². The lowest BCUT2D eigenvalue weighted by atomic mass is 10.1. The average Bonchev–Trinajstić information content (AvgIpc) is 2.90. The Labute approximate surface area is 138 Å². The third kappa shape index (κ3) is 3.42. The molecular weight excluding hydrogens is 314 g/mol. The summed E-state index contributed by atoms with van der Waals surface area (Å²) in [5.74, 6) is -3.05. The molecule has 0 aromatic heterocycles. The first kappa shape index (κ1) is 16.1. The maximum atomic E-state index is 13.7. The molecule has 1 fully saturated rings. The van der Waals surface area contributed by atoms with Gasteiger partial charge in [-0.2, -0.15) is 0 Å². The molecule has 2 aromatic rings. The number of benzene rings is 2. The normalized spacial score (nSPS) is 17.2. The first-order chi connectivity index (χ1) is 11.5. The summed E-state index contributed by atoms with van der Waals surface area (Å²) in [6, 6.07) is 12.5. The number of nitrogens with one attached hydrogen (secondary N) is 1. The Hall–Kier alpha value is -2.76. The lowest BCUT2D eigenvalue weighted by Crippen LogP contribution is -2.37. The summed E-state index contributed by atoms with van der Waals surface area (Å²) in [6.07, 6.45) is 0.148. The molecule has 0 unspecified atom stereocenters. The van der Waals surface area contributed by atoms with Gasteiger partial charge in [0.2, 0.25) is 5.91 Å². The fraction of sp³-hybridized carbons (Fsp3) is 0.222. The van der Waals surface area contributed by atoms with Gasteiger partial charge in [0.25, 0.3) is 5.91 Å². The van der Waals surface area contributed by atoms with Crippen LogP contribution in [0, 0.1) is 11.6 Å². The van der Waals surface area contributed by atoms with E-state index >= 15 is 0 Å². The first-order valence-electron chi connectivity index (χ1n) is 7.61. The number of halogens is 2. The van der Waals surface area contributed by atoms with Crippen molar-refractivity contribution in [1.82, 2.24) is 10.2 Å². The molecule has 1 aliphatic rings. The van der Waals surface area contributed by atoms with E-state index in [1.807, 2.05) is 30.3 Å². The molecule has 2 aromatic carbocycles. The number of hydrogen-bond donors (Lipinski definition) is 1. The van der Waals surface area contributed by atoms with Crippen molar-refractivity contribution >= 4 is 11.8 Å². The molecule has 1 aliphatic heterocycles. The smallest absolute Gasteiger partial charge is 0.254 e. The van der Waals surface area contributed by atoms with Crippen LogP contribution in [0.5, 0.6) is 0 Å². The van der Waals surface area contributed by atoms with E-state index in [4.69, 9.17) is 0 Å². The van der Waals surface area contributed by atoms with Crippen molar-refractivity contribution in [3.8, 4) is 0 Å². The predicted molar refractivity (Wildman–Crippen MR) is 84.1 cm³/mol. The summed E-state index contributed by atoms with van der Waals surface area (Å²) in [7, 11) is 0. The van der Waals surface area contributed by atoms with E-state index in [1.54, 1.807) is 4.90 Å². The van der Waals surface area contributed by atoms with Gasteiger partial charge in [-0.25, -0.2) is 8.78 Å². The Morgan fingerprint density at radius 2 is 1.88 bits per heavy atom. The second-order valence-corrected chi connectivity index (χ2v) is 5.74. The summed E-state index contributed by atoms with van der Waals surface area (Å²) >= 11 is 0. The van der Waals surface area contributed by atoms with Crippen LogP contribution in [-0.2, 0) is 11.3 Å². The van der Waals surface area contributed by atoms with Crippen molar-refractivity contribution < 1.29 is 18.4 Å². The standard InChI is InChI=1S/C18H16F2N2O2/c19-15-8-4-7-14(17(15)20)18(24)21-13-9-16(23)22(11-13)10-12-5-2-1-3-6-12/h1-8,13H,9-11H2,(H,21,24)/t13-/m0/s1. The van der Waals surface area contributed by atoms with Crippen LogP contribution < -0.4 is 5.32 Å². The maximum Gasteiger partial charge on any atom is 0.254 e. The number of rotatable bonds is 4. The van der Waals surface area contributed by atoms with Gasteiger partial charge < -0.3 is 10.2 Å². The number of hydrogen-bond acceptors (Lipinski definition) is 2. The van der Waals surface area contributed by atoms with E-state index < -0.39 is 23.6 Å². The average molecular weight is 330 g/mol. The van der Waals surface area contributed by atoms with Crippen molar-refractivity contribution in [3.63, 3.8) is 0 Å². The summed E-state index contributed by atoms with van der Waals surface area (Å²) in [4.78, 5) is 25.8. The van der Waals surface area contributed by atoms with Gasteiger partial charge in [-0.15, -0.1) is 0 Å². The number of amides is 2. The van der Waals surface area contributed by atoms with Gasteiger partial charge >= 0.3 is 0 Å². The highest BCUT2D eigenvalue weighted by Crippen LogP contribution is 2.17. The van der Waals surface area contributed by atoms with Crippen LogP contribution in [0.4, 0.5) is 8.78 Å². The Morgan fingerprint density at radius 1 is 1.12 bits per heavy atom. The second-order valence-electron chi connectivity index (χ2n) is 5.74. The largest absolute Gasteiger partial charge is 0.347 e. The van der Waals surface area contributed by atoms with Gasteiger partial charge in [0, 0.05) is 19.5 Å². The topological polar surface area (TPSA) is 49.4 Å². The van der Waals surface area contributed by atoms with Crippen molar-refractivity contribution in [3.05, 3.63) is 71.3 Å². The molecule has 1 heterocycles. The summed E-state index contributed by atoms with van der Waals surface area (Å²) in [5, 5.41) is 2.60. The minimum absolute atomic E-state index is 0.0798. The quantitative estimate of drug-likeness (QED) is 0.936. The molecule has 0 aliphatic carbocycles. The molecule has 0 spiro atoms. The van der Waals surface area contributed by atoms with Crippen LogP contribution >= 0.6 is 0 Å². The number of nitrogens with zero attached hydrogens (tertiary/aromatic N) is 1. The SMILES string of the molecule is O=C(N[C@H]1CC(=O)N(Cc2ccccc2)C1)c1cccc(F)c1F. The molecule has 3 rings (SSSR count). The monoisotopic (exact) mass is 330 g/mol. The zero-order valence-corrected chi connectivity index (χ0v) is 12.8. The molecule has 124 valence electrons. The van der Waals surface area contributed by atoms with Crippen LogP contribution in [0.1, 0.15) is 22.3 Å². The Bertz CT molecular complexity index is 765. The van der Waals surface area contributed by atoms with Crippen molar-refractivity contribution in [2.45, 2.75) is 19.0 Å². The highest BCUT2D eigenvalue weighted by molar-refractivity contribution is 5.95. The molecular formula is C18H16F2N2O2. The third-order valence-corrected chi connectivity index (χ3v) is 3.96.